The molecule has 0 fully saturated rings. The molecule has 1 aliphatic heterocycles. The highest BCUT2D eigenvalue weighted by Crippen LogP contribution is 2.34. The maximum Gasteiger partial charge on any atom is 0.258 e. The van der Waals surface area contributed by atoms with Crippen LogP contribution in [0.3, 0.4) is 0 Å². The molecule has 3 aromatic carbocycles. The highest BCUT2D eigenvalue weighted by Gasteiger charge is 2.23. The highest BCUT2D eigenvalue weighted by atomic mass is 35.5. The highest BCUT2D eigenvalue weighted by molar-refractivity contribution is 6.31. The van der Waals surface area contributed by atoms with E-state index in [0.717, 1.165) is 6.54 Å². The fraction of sp³-hybridized carbons (Fsp3) is 0.148. The van der Waals surface area contributed by atoms with Crippen molar-refractivity contribution in [2.24, 2.45) is 4.99 Å². The molecule has 0 saturated heterocycles. The first-order valence-corrected chi connectivity index (χ1v) is 11.3. The quantitative estimate of drug-likeness (QED) is 0.478. The van der Waals surface area contributed by atoms with Crippen molar-refractivity contribution in [3.63, 3.8) is 0 Å². The molecule has 1 heterocycles. The van der Waals surface area contributed by atoms with Gasteiger partial charge in [0.1, 0.15) is 17.4 Å². The van der Waals surface area contributed by atoms with Crippen LogP contribution in [-0.4, -0.2) is 49.8 Å². The minimum atomic E-state index is -0.756. The van der Waals surface area contributed by atoms with Gasteiger partial charge in [0.2, 0.25) is 0 Å². The lowest BCUT2D eigenvalue weighted by Gasteiger charge is -2.17. The zero-order valence-corrected chi connectivity index (χ0v) is 20.3. The molecule has 36 heavy (non-hydrogen) atoms. The van der Waals surface area contributed by atoms with Crippen LogP contribution in [0.25, 0.3) is 0 Å². The summed E-state index contributed by atoms with van der Waals surface area (Å²) >= 11 is 6.19. The van der Waals surface area contributed by atoms with Gasteiger partial charge in [-0.15, -0.1) is 6.42 Å². The maximum absolute atomic E-state index is 15.0. The molecule has 3 aromatic rings. The summed E-state index contributed by atoms with van der Waals surface area (Å²) in [4.78, 5) is 32.4. The molecule has 182 valence electrons. The predicted molar refractivity (Wildman–Crippen MR) is 139 cm³/mol. The van der Waals surface area contributed by atoms with Crippen molar-refractivity contribution in [2.45, 2.75) is 0 Å². The number of hydrogen-bond acceptors (Lipinski definition) is 5. The number of anilines is 2. The van der Waals surface area contributed by atoms with E-state index in [0.29, 0.717) is 29.2 Å². The van der Waals surface area contributed by atoms with E-state index in [2.05, 4.69) is 21.5 Å². The Labute approximate surface area is 212 Å². The zero-order valence-electron chi connectivity index (χ0n) is 19.6. The fourth-order valence-corrected chi connectivity index (χ4v) is 3.97. The summed E-state index contributed by atoms with van der Waals surface area (Å²) in [6.07, 6.45) is 5.37. The van der Waals surface area contributed by atoms with E-state index in [1.807, 2.05) is 11.9 Å². The SMILES string of the molecule is C#Cc1ccc(NC(=O)c2cc(Cl)cc(OC)c2NC(=O)c2ccc(C3=NCCN3C)cc2F)cc1. The summed E-state index contributed by atoms with van der Waals surface area (Å²) in [5.41, 5.74) is 1.60. The second-order valence-electron chi connectivity index (χ2n) is 7.98. The van der Waals surface area contributed by atoms with Gasteiger partial charge in [-0.2, -0.15) is 0 Å². The van der Waals surface area contributed by atoms with Crippen LogP contribution in [0.2, 0.25) is 5.02 Å². The van der Waals surface area contributed by atoms with Gasteiger partial charge in [-0.3, -0.25) is 14.6 Å². The van der Waals surface area contributed by atoms with Crippen molar-refractivity contribution >= 4 is 40.6 Å². The number of terminal acetylenes is 1. The molecule has 9 heteroatoms. The first-order chi connectivity index (χ1) is 17.3. The number of nitrogens with one attached hydrogen (secondary N) is 2. The van der Waals surface area contributed by atoms with E-state index in [4.69, 9.17) is 22.8 Å². The summed E-state index contributed by atoms with van der Waals surface area (Å²) < 4.78 is 20.3. The Kier molecular flexibility index (Phi) is 7.23. The van der Waals surface area contributed by atoms with Crippen LogP contribution >= 0.6 is 11.6 Å². The topological polar surface area (TPSA) is 83.0 Å². The average molecular weight is 505 g/mol. The number of carbonyl (C=O) groups excluding carboxylic acids is 2. The minimum Gasteiger partial charge on any atom is -0.494 e. The van der Waals surface area contributed by atoms with Gasteiger partial charge in [-0.25, -0.2) is 4.39 Å². The zero-order chi connectivity index (χ0) is 25.8. The second kappa shape index (κ2) is 10.5. The van der Waals surface area contributed by atoms with E-state index in [1.54, 1.807) is 30.3 Å². The van der Waals surface area contributed by atoms with E-state index in [-0.39, 0.29) is 27.6 Å². The standard InChI is InChI=1S/C27H22ClFN4O3/c1-4-16-5-8-19(9-6-16)31-27(35)21-14-18(28)15-23(36-3)24(21)32-26(34)20-10-7-17(13-22(20)29)25-30-11-12-33(25)2/h1,5-10,13-15H,11-12H2,2-3H3,(H,31,35)(H,32,34). The summed E-state index contributed by atoms with van der Waals surface area (Å²) in [5.74, 6) is 1.27. The number of likely N-dealkylation sites (N-methyl/N-ethyl adjacent to an activating group) is 1. The van der Waals surface area contributed by atoms with Crippen molar-refractivity contribution in [3.05, 3.63) is 87.7 Å². The first kappa shape index (κ1) is 24.8. The molecule has 1 aliphatic rings. The Bertz CT molecular complexity index is 1410. The van der Waals surface area contributed by atoms with Gasteiger partial charge >= 0.3 is 0 Å². The molecule has 0 aliphatic carbocycles. The van der Waals surface area contributed by atoms with Crippen molar-refractivity contribution in [1.29, 1.82) is 0 Å². The number of amides is 2. The van der Waals surface area contributed by atoms with Crippen LogP contribution in [0, 0.1) is 18.2 Å². The van der Waals surface area contributed by atoms with Crippen molar-refractivity contribution < 1.29 is 18.7 Å². The second-order valence-corrected chi connectivity index (χ2v) is 8.42. The maximum atomic E-state index is 15.0. The fourth-order valence-electron chi connectivity index (χ4n) is 3.76. The molecular weight excluding hydrogens is 483 g/mol. The smallest absolute Gasteiger partial charge is 0.258 e. The molecule has 0 radical (unpaired) electrons. The molecule has 0 aromatic heterocycles. The lowest BCUT2D eigenvalue weighted by atomic mass is 10.1. The summed E-state index contributed by atoms with van der Waals surface area (Å²) in [7, 11) is 3.24. The normalized spacial score (nSPS) is 12.5. The molecule has 0 atom stereocenters. The summed E-state index contributed by atoms with van der Waals surface area (Å²) in [6.45, 7) is 1.37. The Balaban J connectivity index is 1.63. The van der Waals surface area contributed by atoms with Gasteiger partial charge in [0.05, 0.1) is 30.5 Å². The lowest BCUT2D eigenvalue weighted by molar-refractivity contribution is 0.102. The number of amidine groups is 1. The minimum absolute atomic E-state index is 0.0349. The molecule has 0 saturated carbocycles. The molecule has 7 nitrogen and oxygen atoms in total. The Hall–Kier alpha value is -4.35. The van der Waals surface area contributed by atoms with Gasteiger partial charge in [0.15, 0.2) is 0 Å². The molecule has 0 unspecified atom stereocenters. The van der Waals surface area contributed by atoms with Crippen molar-refractivity contribution in [1.82, 2.24) is 4.90 Å². The monoisotopic (exact) mass is 504 g/mol. The van der Waals surface area contributed by atoms with E-state index in [1.165, 1.54) is 31.4 Å². The van der Waals surface area contributed by atoms with E-state index in [9.17, 15) is 14.0 Å². The van der Waals surface area contributed by atoms with Gasteiger partial charge in [0.25, 0.3) is 11.8 Å². The van der Waals surface area contributed by atoms with Crippen molar-refractivity contribution in [2.75, 3.05) is 37.9 Å². The van der Waals surface area contributed by atoms with Crippen LogP contribution in [0.4, 0.5) is 15.8 Å². The molecule has 2 amide bonds. The lowest BCUT2D eigenvalue weighted by Crippen LogP contribution is -2.24. The number of rotatable bonds is 6. The largest absolute Gasteiger partial charge is 0.494 e. The van der Waals surface area contributed by atoms with Crippen LogP contribution in [0.5, 0.6) is 5.75 Å². The Morgan fingerprint density at radius 3 is 2.42 bits per heavy atom. The molecular formula is C27H22ClFN4O3. The van der Waals surface area contributed by atoms with Crippen LogP contribution in [0.15, 0.2) is 59.6 Å². The van der Waals surface area contributed by atoms with Gasteiger partial charge in [-0.05, 0) is 42.5 Å². The molecule has 0 spiro atoms. The summed E-state index contributed by atoms with van der Waals surface area (Å²) in [5, 5.41) is 5.55. The van der Waals surface area contributed by atoms with E-state index < -0.39 is 17.6 Å². The van der Waals surface area contributed by atoms with Crippen LogP contribution < -0.4 is 15.4 Å². The predicted octanol–water partition coefficient (Wildman–Crippen LogP) is 4.67. The van der Waals surface area contributed by atoms with Gasteiger partial charge in [-0.1, -0.05) is 23.6 Å². The van der Waals surface area contributed by atoms with Gasteiger partial charge in [0, 0.05) is 41.5 Å². The number of hydrogen-bond donors (Lipinski definition) is 2. The number of benzene rings is 3. The third-order valence-electron chi connectivity index (χ3n) is 5.61. The average Bonchev–Trinajstić information content (AvgIpc) is 3.30. The third kappa shape index (κ3) is 5.16. The number of methoxy groups -OCH3 is 1. The molecule has 0 bridgehead atoms. The number of ether oxygens (including phenoxy) is 1. The summed E-state index contributed by atoms with van der Waals surface area (Å²) in [6, 6.07) is 13.8. The van der Waals surface area contributed by atoms with Crippen LogP contribution in [-0.2, 0) is 0 Å². The molecule has 4 rings (SSSR count). The van der Waals surface area contributed by atoms with Gasteiger partial charge < -0.3 is 20.3 Å². The Morgan fingerprint density at radius 1 is 1.08 bits per heavy atom. The van der Waals surface area contributed by atoms with Crippen molar-refractivity contribution in [3.8, 4) is 18.1 Å². The number of aliphatic imine (C=N–C) groups is 1. The Morgan fingerprint density at radius 2 is 1.81 bits per heavy atom. The van der Waals surface area contributed by atoms with E-state index >= 15 is 0 Å². The number of halogens is 2. The first-order valence-electron chi connectivity index (χ1n) is 10.9. The number of carbonyl (C=O) groups is 2. The van der Waals surface area contributed by atoms with Crippen LogP contribution in [0.1, 0.15) is 31.8 Å². The number of nitrogens with zero attached hydrogens (tertiary/aromatic N) is 2. The third-order valence-corrected chi connectivity index (χ3v) is 5.83. The molecule has 2 N–H and O–H groups in total.